The van der Waals surface area contributed by atoms with Crippen molar-refractivity contribution in [1.29, 1.82) is 0 Å². The van der Waals surface area contributed by atoms with Crippen LogP contribution in [0.1, 0.15) is 119 Å². The van der Waals surface area contributed by atoms with E-state index in [9.17, 15) is 38.7 Å². The van der Waals surface area contributed by atoms with Crippen molar-refractivity contribution in [3.8, 4) is 0 Å². The normalized spacial score (nSPS) is 17.3. The number of hydrogen-bond acceptors (Lipinski definition) is 10. The van der Waals surface area contributed by atoms with Crippen molar-refractivity contribution in [2.75, 3.05) is 25.4 Å². The molecule has 2 heterocycles. The van der Waals surface area contributed by atoms with Crippen molar-refractivity contribution in [2.24, 2.45) is 5.92 Å². The molecule has 2 aliphatic rings. The van der Waals surface area contributed by atoms with Gasteiger partial charge in [-0.3, -0.25) is 19.2 Å². The molecule has 4 aromatic rings. The number of hydrogen-bond donors (Lipinski definition) is 8. The second-order valence-electron chi connectivity index (χ2n) is 21.7. The second kappa shape index (κ2) is 30.3. The smallest absolute Gasteiger partial charge is 0.407 e. The molecule has 420 valence electrons. The number of nitrogens with zero attached hydrogens (tertiary/aromatic N) is 1. The van der Waals surface area contributed by atoms with Crippen molar-refractivity contribution in [2.45, 2.75) is 153 Å². The lowest BCUT2D eigenvalue weighted by Crippen LogP contribution is -2.57. The third-order valence-corrected chi connectivity index (χ3v) is 15.1. The summed E-state index contributed by atoms with van der Waals surface area (Å²) in [6.45, 7) is 9.73. The highest BCUT2D eigenvalue weighted by Gasteiger charge is 2.42. The molecule has 0 bridgehead atoms. The molecular weight excluding hydrogens is 1010 g/mol. The van der Waals surface area contributed by atoms with Crippen LogP contribution in [0.25, 0.3) is 0 Å². The average Bonchev–Trinajstić information content (AvgIpc) is 3.97. The van der Waals surface area contributed by atoms with E-state index < -0.39 is 53.8 Å². The van der Waals surface area contributed by atoms with Crippen LogP contribution < -0.4 is 37.2 Å². The number of nitrogens with one attached hydrogen (secondary N) is 7. The Bertz CT molecular complexity index is 2570. The van der Waals surface area contributed by atoms with Gasteiger partial charge in [-0.25, -0.2) is 14.4 Å². The number of ketones is 1. The van der Waals surface area contributed by atoms with E-state index in [4.69, 9.17) is 4.74 Å². The lowest BCUT2D eigenvalue weighted by molar-refractivity contribution is -0.130. The monoisotopic (exact) mass is 1090 g/mol. The minimum Gasteiger partial charge on any atom is -0.444 e. The molecular formula is C60H80N8O9S. The summed E-state index contributed by atoms with van der Waals surface area (Å²) in [4.78, 5) is 95.3. The van der Waals surface area contributed by atoms with E-state index in [0.717, 1.165) is 42.6 Å². The molecule has 0 spiro atoms. The van der Waals surface area contributed by atoms with Crippen LogP contribution >= 0.6 is 11.8 Å². The zero-order valence-electron chi connectivity index (χ0n) is 45.8. The van der Waals surface area contributed by atoms with Gasteiger partial charge in [0.15, 0.2) is 5.78 Å². The first kappa shape index (κ1) is 60.3. The molecule has 0 unspecified atom stereocenters. The molecule has 2 fully saturated rings. The Morgan fingerprint density at radius 3 is 1.96 bits per heavy atom. The number of unbranched alkanes of at least 4 members (excludes halogenated alkanes) is 3. The van der Waals surface area contributed by atoms with E-state index in [-0.39, 0.29) is 68.1 Å². The van der Waals surface area contributed by atoms with Crippen LogP contribution in [0.5, 0.6) is 0 Å². The fourth-order valence-corrected chi connectivity index (χ4v) is 11.1. The SMILES string of the molecule is CC(C)C[C@H](NC(=O)N(Cc1ccccc1)C[C@@H](O)[C@H](Cc1ccccc1)NC(=O)OC(C)(C)C)C(=O)N[C@@H](Cc1ccc(C(=O)c2ccccc2)cc1)C(=O)NCCCCCNC(=O)CCCC[C@@H]1SC[C@@H]2NC(=O)N[C@@H]21. The quantitative estimate of drug-likeness (QED) is 0.0155. The maximum absolute atomic E-state index is 14.6. The molecule has 18 heteroatoms. The molecule has 8 N–H and O–H groups in total. The Balaban J connectivity index is 1.09. The van der Waals surface area contributed by atoms with Crippen LogP contribution in [-0.2, 0) is 38.5 Å². The van der Waals surface area contributed by atoms with E-state index in [1.54, 1.807) is 69.3 Å². The molecule has 8 amide bonds. The summed E-state index contributed by atoms with van der Waals surface area (Å²) in [5.74, 6) is -0.317. The number of benzene rings is 4. The summed E-state index contributed by atoms with van der Waals surface area (Å²) in [5.41, 5.74) is 2.51. The van der Waals surface area contributed by atoms with E-state index in [0.29, 0.717) is 54.3 Å². The van der Waals surface area contributed by atoms with E-state index >= 15 is 0 Å². The summed E-state index contributed by atoms with van der Waals surface area (Å²) < 4.78 is 5.56. The van der Waals surface area contributed by atoms with Crippen LogP contribution in [0.2, 0.25) is 0 Å². The molecule has 0 radical (unpaired) electrons. The first-order valence-electron chi connectivity index (χ1n) is 27.4. The minimum absolute atomic E-state index is 0.000612. The van der Waals surface area contributed by atoms with Crippen molar-refractivity contribution < 1.29 is 43.4 Å². The molecule has 78 heavy (non-hydrogen) atoms. The molecule has 6 rings (SSSR count). The lowest BCUT2D eigenvalue weighted by Gasteiger charge is -2.32. The van der Waals surface area contributed by atoms with Crippen LogP contribution in [0.4, 0.5) is 14.4 Å². The number of amides is 8. The number of alkyl carbamates (subject to hydrolysis) is 1. The first-order valence-corrected chi connectivity index (χ1v) is 28.5. The molecule has 4 aromatic carbocycles. The summed E-state index contributed by atoms with van der Waals surface area (Å²) >= 11 is 1.87. The zero-order valence-corrected chi connectivity index (χ0v) is 46.6. The van der Waals surface area contributed by atoms with Crippen molar-refractivity contribution in [1.82, 2.24) is 42.1 Å². The van der Waals surface area contributed by atoms with Gasteiger partial charge < -0.3 is 52.0 Å². The van der Waals surface area contributed by atoms with E-state index in [1.165, 1.54) is 4.90 Å². The van der Waals surface area contributed by atoms with Gasteiger partial charge in [0.25, 0.3) is 0 Å². The Morgan fingerprint density at radius 2 is 1.31 bits per heavy atom. The maximum atomic E-state index is 14.6. The number of aliphatic hydroxyl groups is 1. The van der Waals surface area contributed by atoms with E-state index in [1.807, 2.05) is 92.3 Å². The van der Waals surface area contributed by atoms with Crippen molar-refractivity contribution in [3.05, 3.63) is 143 Å². The molecule has 7 atom stereocenters. The van der Waals surface area contributed by atoms with Crippen LogP contribution in [0.3, 0.4) is 0 Å². The predicted molar refractivity (Wildman–Crippen MR) is 304 cm³/mol. The van der Waals surface area contributed by atoms with Gasteiger partial charge in [-0.1, -0.05) is 136 Å². The standard InChI is InChI=1S/C60H80N8O9S/c1-40(2)34-47(65-58(75)68(37-43-22-12-7-13-23-43)38-50(69)46(35-41-20-10-6-11-21-41)66-59(76)77-60(3,4)5)56(73)63-48(36-42-28-30-45(31-29-42)54(71)44-24-14-8-15-25-44)55(72)62-33-19-9-18-32-61-52(70)27-17-16-26-51-53-49(39-78-51)64-57(74)67-53/h6-8,10-15,20-25,28-31,40,46-51,53,69H,9,16-19,26-27,32-39H2,1-5H3,(H,61,70)(H,62,72)(H,63,73)(H,65,75)(H,66,76)(H2,64,67,74)/t46-,47-,48-,49-,50+,51-,53-/m0/s1. The van der Waals surface area contributed by atoms with E-state index in [2.05, 4.69) is 37.2 Å². The Morgan fingerprint density at radius 1 is 0.692 bits per heavy atom. The first-order chi connectivity index (χ1) is 37.4. The zero-order chi connectivity index (χ0) is 56.0. The van der Waals surface area contributed by atoms with Gasteiger partial charge in [0.2, 0.25) is 17.7 Å². The van der Waals surface area contributed by atoms with Crippen molar-refractivity contribution >= 4 is 53.4 Å². The second-order valence-corrected chi connectivity index (χ2v) is 23.0. The van der Waals surface area contributed by atoms with Gasteiger partial charge in [0, 0.05) is 54.6 Å². The molecule has 0 aliphatic carbocycles. The molecule has 17 nitrogen and oxygen atoms in total. The van der Waals surface area contributed by atoms with Crippen LogP contribution in [0.15, 0.2) is 115 Å². The van der Waals surface area contributed by atoms with Gasteiger partial charge >= 0.3 is 18.2 Å². The largest absolute Gasteiger partial charge is 0.444 e. The summed E-state index contributed by atoms with van der Waals surface area (Å²) in [6, 6.07) is 31.0. The molecule has 0 aromatic heterocycles. The van der Waals surface area contributed by atoms with Crippen LogP contribution in [0, 0.1) is 5.92 Å². The lowest BCUT2D eigenvalue weighted by atomic mass is 9.98. The van der Waals surface area contributed by atoms with Gasteiger partial charge in [-0.2, -0.15) is 11.8 Å². The number of fused-ring (bicyclic) bond motifs is 1. The number of rotatable bonds is 29. The number of ether oxygens (including phenoxy) is 1. The fraction of sp³-hybridized carbons (Fsp3) is 0.483. The molecule has 2 aliphatic heterocycles. The van der Waals surface area contributed by atoms with Gasteiger partial charge in [-0.05, 0) is 88.3 Å². The number of thioether (sulfide) groups is 1. The fourth-order valence-electron chi connectivity index (χ4n) is 9.55. The van der Waals surface area contributed by atoms with Crippen molar-refractivity contribution in [3.63, 3.8) is 0 Å². The maximum Gasteiger partial charge on any atom is 0.407 e. The third kappa shape index (κ3) is 20.1. The predicted octanol–water partition coefficient (Wildman–Crippen LogP) is 7.20. The molecule has 2 saturated heterocycles. The minimum atomic E-state index is -1.28. The highest BCUT2D eigenvalue weighted by Crippen LogP contribution is 2.33. The average molecular weight is 1090 g/mol. The number of carbonyl (C=O) groups is 7. The number of aliphatic hydroxyl groups excluding tert-OH is 1. The molecule has 0 saturated carbocycles. The number of urea groups is 2. The Hall–Kier alpha value is -6.92. The number of carbonyl (C=O) groups excluding carboxylic acids is 7. The highest BCUT2D eigenvalue weighted by atomic mass is 32.2. The Kier molecular flexibility index (Phi) is 23.4. The summed E-state index contributed by atoms with van der Waals surface area (Å²) in [6.07, 6.45) is 3.68. The van der Waals surface area contributed by atoms with Gasteiger partial charge in [-0.15, -0.1) is 0 Å². The van der Waals surface area contributed by atoms with Gasteiger partial charge in [0.05, 0.1) is 30.8 Å². The van der Waals surface area contributed by atoms with Crippen LogP contribution in [-0.4, -0.2) is 124 Å². The third-order valence-electron chi connectivity index (χ3n) is 13.6. The van der Waals surface area contributed by atoms with Gasteiger partial charge in [0.1, 0.15) is 17.7 Å². The Labute approximate surface area is 463 Å². The summed E-state index contributed by atoms with van der Waals surface area (Å²) in [7, 11) is 0. The topological polar surface area (TPSA) is 236 Å². The summed E-state index contributed by atoms with van der Waals surface area (Å²) in [5, 5.41) is 32.9. The highest BCUT2D eigenvalue weighted by molar-refractivity contribution is 8.00.